The number of rotatable bonds is 3. The highest BCUT2D eigenvalue weighted by Gasteiger charge is 2.23. The van der Waals surface area contributed by atoms with Crippen LogP contribution in [0.15, 0.2) is 18.2 Å². The van der Waals surface area contributed by atoms with Crippen molar-refractivity contribution in [2.75, 3.05) is 13.1 Å². The van der Waals surface area contributed by atoms with Crippen LogP contribution in [0.1, 0.15) is 30.9 Å². The number of piperidine rings is 1. The minimum absolute atomic E-state index is 0.179. The van der Waals surface area contributed by atoms with Gasteiger partial charge in [0.2, 0.25) is 0 Å². The van der Waals surface area contributed by atoms with E-state index in [-0.39, 0.29) is 11.9 Å². The second-order valence-corrected chi connectivity index (χ2v) is 5.41. The molecule has 3 nitrogen and oxygen atoms in total. The largest absolute Gasteiger partial charge is 0.328 e. The van der Waals surface area contributed by atoms with Crippen LogP contribution < -0.4 is 5.73 Å². The summed E-state index contributed by atoms with van der Waals surface area (Å²) in [6.07, 6.45) is 2.25. The Bertz CT molecular complexity index is 479. The predicted molar refractivity (Wildman–Crippen MR) is 72.8 cm³/mol. The van der Waals surface area contributed by atoms with Crippen LogP contribution in [-0.2, 0) is 6.54 Å². The van der Waals surface area contributed by atoms with Crippen molar-refractivity contribution in [3.05, 3.63) is 35.1 Å². The van der Waals surface area contributed by atoms with Crippen molar-refractivity contribution >= 4 is 0 Å². The first-order valence-electron chi connectivity index (χ1n) is 6.76. The third-order valence-electron chi connectivity index (χ3n) is 3.85. The van der Waals surface area contributed by atoms with Gasteiger partial charge in [-0.25, -0.2) is 4.39 Å². The number of hydrogen-bond donors (Lipinski definition) is 1. The number of nitriles is 1. The van der Waals surface area contributed by atoms with Crippen LogP contribution in [0.2, 0.25) is 0 Å². The molecular formula is C15H20FN3. The summed E-state index contributed by atoms with van der Waals surface area (Å²) >= 11 is 0. The standard InChI is InChI=1S/C15H20FN3/c1-11(18)13-3-2-6-19(9-13)10-14-7-12(8-17)4-5-15(14)16/h4-5,7,11,13H,2-3,6,9-10,18H2,1H3. The number of halogens is 1. The van der Waals surface area contributed by atoms with Gasteiger partial charge in [-0.2, -0.15) is 5.26 Å². The molecule has 1 aliphatic heterocycles. The average Bonchev–Trinajstić information content (AvgIpc) is 2.41. The second-order valence-electron chi connectivity index (χ2n) is 5.41. The lowest BCUT2D eigenvalue weighted by Crippen LogP contribution is -2.42. The Morgan fingerprint density at radius 2 is 2.37 bits per heavy atom. The van der Waals surface area contributed by atoms with Crippen molar-refractivity contribution in [3.63, 3.8) is 0 Å². The lowest BCUT2D eigenvalue weighted by atomic mass is 9.92. The molecule has 0 amide bonds. The van der Waals surface area contributed by atoms with Crippen LogP contribution in [0.5, 0.6) is 0 Å². The normalized spacial score (nSPS) is 21.9. The molecule has 0 aromatic heterocycles. The van der Waals surface area contributed by atoms with E-state index in [9.17, 15) is 4.39 Å². The number of benzene rings is 1. The molecule has 0 radical (unpaired) electrons. The Hall–Kier alpha value is -1.44. The van der Waals surface area contributed by atoms with Crippen LogP contribution in [-0.4, -0.2) is 24.0 Å². The Morgan fingerprint density at radius 1 is 1.58 bits per heavy atom. The molecule has 1 fully saturated rings. The maximum Gasteiger partial charge on any atom is 0.127 e. The van der Waals surface area contributed by atoms with Crippen molar-refractivity contribution in [2.24, 2.45) is 11.7 Å². The van der Waals surface area contributed by atoms with E-state index in [4.69, 9.17) is 11.0 Å². The Labute approximate surface area is 113 Å². The summed E-state index contributed by atoms with van der Waals surface area (Å²) in [6, 6.07) is 6.77. The van der Waals surface area contributed by atoms with E-state index >= 15 is 0 Å². The van der Waals surface area contributed by atoms with Crippen LogP contribution >= 0.6 is 0 Å². The van der Waals surface area contributed by atoms with Crippen molar-refractivity contribution in [1.29, 1.82) is 5.26 Å². The summed E-state index contributed by atoms with van der Waals surface area (Å²) in [5, 5.41) is 8.87. The lowest BCUT2D eigenvalue weighted by molar-refractivity contribution is 0.153. The van der Waals surface area contributed by atoms with Gasteiger partial charge in [-0.15, -0.1) is 0 Å². The number of nitrogens with two attached hydrogens (primary N) is 1. The zero-order valence-electron chi connectivity index (χ0n) is 11.3. The first kappa shape index (κ1) is 14.0. The third kappa shape index (κ3) is 3.52. The van der Waals surface area contributed by atoms with E-state index < -0.39 is 0 Å². The van der Waals surface area contributed by atoms with E-state index in [1.54, 1.807) is 6.07 Å². The molecule has 2 N–H and O–H groups in total. The van der Waals surface area contributed by atoms with Crippen molar-refractivity contribution in [2.45, 2.75) is 32.4 Å². The van der Waals surface area contributed by atoms with Gasteiger partial charge in [0, 0.05) is 24.7 Å². The van der Waals surface area contributed by atoms with Gasteiger partial charge in [0.05, 0.1) is 11.6 Å². The van der Waals surface area contributed by atoms with E-state index in [0.717, 1.165) is 25.9 Å². The van der Waals surface area contributed by atoms with E-state index in [1.165, 1.54) is 12.1 Å². The molecule has 0 saturated carbocycles. The maximum absolute atomic E-state index is 13.8. The molecule has 0 spiro atoms. The SMILES string of the molecule is CC(N)C1CCCN(Cc2cc(C#N)ccc2F)C1. The number of likely N-dealkylation sites (tertiary alicyclic amines) is 1. The van der Waals surface area contributed by atoms with Crippen LogP contribution in [0.3, 0.4) is 0 Å². The van der Waals surface area contributed by atoms with Gasteiger partial charge >= 0.3 is 0 Å². The van der Waals surface area contributed by atoms with Gasteiger partial charge in [-0.05, 0) is 50.4 Å². The smallest absolute Gasteiger partial charge is 0.127 e. The molecule has 1 saturated heterocycles. The predicted octanol–water partition coefficient (Wildman–Crippen LogP) is 2.26. The van der Waals surface area contributed by atoms with Crippen molar-refractivity contribution in [3.8, 4) is 6.07 Å². The van der Waals surface area contributed by atoms with Crippen LogP contribution in [0, 0.1) is 23.1 Å². The summed E-state index contributed by atoms with van der Waals surface area (Å²) in [5.41, 5.74) is 7.07. The molecule has 0 aliphatic carbocycles. The van der Waals surface area contributed by atoms with Crippen LogP contribution in [0.4, 0.5) is 4.39 Å². The fourth-order valence-electron chi connectivity index (χ4n) is 2.67. The van der Waals surface area contributed by atoms with Gasteiger partial charge in [-0.1, -0.05) is 0 Å². The number of nitrogens with zero attached hydrogens (tertiary/aromatic N) is 2. The van der Waals surface area contributed by atoms with Gasteiger partial charge < -0.3 is 5.73 Å². The van der Waals surface area contributed by atoms with Gasteiger partial charge in [0.25, 0.3) is 0 Å². The molecule has 2 atom stereocenters. The van der Waals surface area contributed by atoms with Crippen LogP contribution in [0.25, 0.3) is 0 Å². The quantitative estimate of drug-likeness (QED) is 0.908. The van der Waals surface area contributed by atoms with Crippen molar-refractivity contribution < 1.29 is 4.39 Å². The third-order valence-corrected chi connectivity index (χ3v) is 3.85. The second kappa shape index (κ2) is 6.14. The molecule has 0 bridgehead atoms. The highest BCUT2D eigenvalue weighted by Crippen LogP contribution is 2.21. The summed E-state index contributed by atoms with van der Waals surface area (Å²) in [4.78, 5) is 2.23. The van der Waals surface area contributed by atoms with Gasteiger partial charge in [-0.3, -0.25) is 4.90 Å². The highest BCUT2D eigenvalue weighted by molar-refractivity contribution is 5.33. The van der Waals surface area contributed by atoms with E-state index in [0.29, 0.717) is 23.6 Å². The summed E-state index contributed by atoms with van der Waals surface area (Å²) < 4.78 is 13.8. The van der Waals surface area contributed by atoms with E-state index in [1.807, 2.05) is 6.92 Å². The fourth-order valence-corrected chi connectivity index (χ4v) is 2.67. The Balaban J connectivity index is 2.06. The summed E-state index contributed by atoms with van der Waals surface area (Å²) in [5.74, 6) is 0.248. The zero-order chi connectivity index (χ0) is 13.8. The molecule has 1 heterocycles. The minimum atomic E-state index is -0.234. The summed E-state index contributed by atoms with van der Waals surface area (Å²) in [6.45, 7) is 4.48. The highest BCUT2D eigenvalue weighted by atomic mass is 19.1. The first-order chi connectivity index (χ1) is 9.10. The molecule has 102 valence electrons. The fraction of sp³-hybridized carbons (Fsp3) is 0.533. The molecule has 4 heteroatoms. The van der Waals surface area contributed by atoms with Gasteiger partial charge in [0.15, 0.2) is 0 Å². The summed E-state index contributed by atoms with van der Waals surface area (Å²) in [7, 11) is 0. The van der Waals surface area contributed by atoms with Crippen molar-refractivity contribution in [1.82, 2.24) is 4.90 Å². The lowest BCUT2D eigenvalue weighted by Gasteiger charge is -2.34. The number of hydrogen-bond acceptors (Lipinski definition) is 3. The maximum atomic E-state index is 13.8. The Morgan fingerprint density at radius 3 is 3.05 bits per heavy atom. The molecule has 1 aliphatic rings. The molecule has 2 unspecified atom stereocenters. The molecule has 19 heavy (non-hydrogen) atoms. The average molecular weight is 261 g/mol. The monoisotopic (exact) mass is 261 g/mol. The van der Waals surface area contributed by atoms with E-state index in [2.05, 4.69) is 11.0 Å². The Kier molecular flexibility index (Phi) is 4.52. The minimum Gasteiger partial charge on any atom is -0.328 e. The molecule has 1 aromatic rings. The zero-order valence-corrected chi connectivity index (χ0v) is 11.3. The topological polar surface area (TPSA) is 53.0 Å². The molecule has 2 rings (SSSR count). The first-order valence-corrected chi connectivity index (χ1v) is 6.76. The molecule has 1 aromatic carbocycles. The molecular weight excluding hydrogens is 241 g/mol. The van der Waals surface area contributed by atoms with Gasteiger partial charge in [0.1, 0.15) is 5.82 Å².